The lowest BCUT2D eigenvalue weighted by Gasteiger charge is -2.31. The normalized spacial score (nSPS) is 18.9. The van der Waals surface area contributed by atoms with Crippen LogP contribution in [0.2, 0.25) is 0 Å². The summed E-state index contributed by atoms with van der Waals surface area (Å²) in [4.78, 5) is 18.1. The van der Waals surface area contributed by atoms with Gasteiger partial charge in [0.2, 0.25) is 5.91 Å². The molecule has 0 spiro atoms. The fourth-order valence-electron chi connectivity index (χ4n) is 2.78. The monoisotopic (exact) mass is 329 g/mol. The SMILES string of the molecule is CC(C)c1n[nH]c([C@H]2CN(Cc3cccc(C(N)=O)c3)CCO2)n1. The summed E-state index contributed by atoms with van der Waals surface area (Å²) in [5.74, 6) is 1.46. The van der Waals surface area contributed by atoms with Crippen molar-refractivity contribution in [2.24, 2.45) is 5.73 Å². The van der Waals surface area contributed by atoms with Crippen LogP contribution in [0, 0.1) is 0 Å². The number of amides is 1. The van der Waals surface area contributed by atoms with Gasteiger partial charge in [0.05, 0.1) is 6.61 Å². The fourth-order valence-corrected chi connectivity index (χ4v) is 2.78. The second-order valence-electron chi connectivity index (χ2n) is 6.39. The summed E-state index contributed by atoms with van der Waals surface area (Å²) >= 11 is 0. The van der Waals surface area contributed by atoms with E-state index >= 15 is 0 Å². The lowest BCUT2D eigenvalue weighted by atomic mass is 10.1. The Hall–Kier alpha value is -2.25. The molecule has 2 aromatic rings. The van der Waals surface area contributed by atoms with Crippen LogP contribution in [0.15, 0.2) is 24.3 Å². The molecule has 1 atom stereocenters. The van der Waals surface area contributed by atoms with Gasteiger partial charge >= 0.3 is 0 Å². The largest absolute Gasteiger partial charge is 0.368 e. The van der Waals surface area contributed by atoms with Gasteiger partial charge in [0.1, 0.15) is 6.10 Å². The Kier molecular flexibility index (Phi) is 4.92. The maximum atomic E-state index is 11.3. The first kappa shape index (κ1) is 16.6. The number of nitrogens with zero attached hydrogens (tertiary/aromatic N) is 3. The first-order valence-electron chi connectivity index (χ1n) is 8.18. The Balaban J connectivity index is 1.67. The number of nitrogens with two attached hydrogens (primary N) is 1. The van der Waals surface area contributed by atoms with Crippen LogP contribution < -0.4 is 5.73 Å². The zero-order chi connectivity index (χ0) is 17.1. The van der Waals surface area contributed by atoms with E-state index in [9.17, 15) is 4.79 Å². The molecule has 1 amide bonds. The zero-order valence-electron chi connectivity index (χ0n) is 14.0. The number of carbonyl (C=O) groups is 1. The molecule has 0 unspecified atom stereocenters. The van der Waals surface area contributed by atoms with E-state index < -0.39 is 5.91 Å². The highest BCUT2D eigenvalue weighted by Crippen LogP contribution is 2.22. The number of ether oxygens (including phenoxy) is 1. The van der Waals surface area contributed by atoms with Crippen molar-refractivity contribution in [1.29, 1.82) is 0 Å². The Morgan fingerprint density at radius 3 is 3.04 bits per heavy atom. The molecule has 0 aliphatic carbocycles. The van der Waals surface area contributed by atoms with Gasteiger partial charge in [-0.05, 0) is 17.7 Å². The van der Waals surface area contributed by atoms with Crippen LogP contribution in [0.5, 0.6) is 0 Å². The van der Waals surface area contributed by atoms with Gasteiger partial charge in [0, 0.05) is 31.1 Å². The second kappa shape index (κ2) is 7.11. The van der Waals surface area contributed by atoms with Crippen molar-refractivity contribution in [2.45, 2.75) is 32.4 Å². The third-order valence-electron chi connectivity index (χ3n) is 4.11. The van der Waals surface area contributed by atoms with Crippen LogP contribution in [0.25, 0.3) is 0 Å². The number of hydrogen-bond acceptors (Lipinski definition) is 5. The second-order valence-corrected chi connectivity index (χ2v) is 6.39. The summed E-state index contributed by atoms with van der Waals surface area (Å²) in [5.41, 5.74) is 6.95. The highest BCUT2D eigenvalue weighted by atomic mass is 16.5. The van der Waals surface area contributed by atoms with Crippen LogP contribution in [-0.4, -0.2) is 45.7 Å². The summed E-state index contributed by atoms with van der Waals surface area (Å²) in [6.45, 7) is 7.07. The predicted octanol–water partition coefficient (Wildman–Crippen LogP) is 1.60. The van der Waals surface area contributed by atoms with Gasteiger partial charge in [0.15, 0.2) is 11.6 Å². The van der Waals surface area contributed by atoms with Gasteiger partial charge in [-0.25, -0.2) is 4.98 Å². The molecule has 0 radical (unpaired) electrons. The highest BCUT2D eigenvalue weighted by molar-refractivity contribution is 5.92. The van der Waals surface area contributed by atoms with E-state index in [-0.39, 0.29) is 12.0 Å². The number of rotatable bonds is 5. The van der Waals surface area contributed by atoms with Crippen LogP contribution in [0.1, 0.15) is 53.4 Å². The third kappa shape index (κ3) is 3.80. The van der Waals surface area contributed by atoms with Crippen LogP contribution >= 0.6 is 0 Å². The maximum Gasteiger partial charge on any atom is 0.248 e. The minimum atomic E-state index is -0.403. The standard InChI is InChI=1S/C17H23N5O2/c1-11(2)16-19-17(21-20-16)14-10-22(6-7-24-14)9-12-4-3-5-13(8-12)15(18)23/h3-5,8,11,14H,6-7,9-10H2,1-2H3,(H2,18,23)(H,19,20,21)/t14-/m1/s1. The topological polar surface area (TPSA) is 97.1 Å². The van der Waals surface area contributed by atoms with E-state index in [0.29, 0.717) is 12.2 Å². The minimum absolute atomic E-state index is 0.113. The summed E-state index contributed by atoms with van der Waals surface area (Å²) in [5, 5.41) is 7.24. The van der Waals surface area contributed by atoms with Crippen molar-refractivity contribution < 1.29 is 9.53 Å². The lowest BCUT2D eigenvalue weighted by molar-refractivity contribution is -0.0370. The van der Waals surface area contributed by atoms with E-state index in [1.165, 1.54) is 0 Å². The van der Waals surface area contributed by atoms with Crippen molar-refractivity contribution >= 4 is 5.91 Å². The number of nitrogens with one attached hydrogen (secondary N) is 1. The summed E-state index contributed by atoms with van der Waals surface area (Å²) < 4.78 is 5.84. The Morgan fingerprint density at radius 1 is 1.50 bits per heavy atom. The molecule has 1 fully saturated rings. The number of H-pyrrole nitrogens is 1. The number of morpholine rings is 1. The molecule has 1 aliphatic rings. The number of carbonyl (C=O) groups excluding carboxylic acids is 1. The molecular formula is C17H23N5O2. The Labute approximate surface area is 141 Å². The minimum Gasteiger partial charge on any atom is -0.368 e. The van der Waals surface area contributed by atoms with Gasteiger partial charge in [-0.2, -0.15) is 5.10 Å². The van der Waals surface area contributed by atoms with Crippen molar-refractivity contribution in [3.05, 3.63) is 47.0 Å². The number of primary amides is 1. The number of hydrogen-bond donors (Lipinski definition) is 2. The molecule has 1 saturated heterocycles. The highest BCUT2D eigenvalue weighted by Gasteiger charge is 2.25. The number of aromatic nitrogens is 3. The van der Waals surface area contributed by atoms with Gasteiger partial charge in [-0.15, -0.1) is 0 Å². The van der Waals surface area contributed by atoms with Crippen LogP contribution in [-0.2, 0) is 11.3 Å². The third-order valence-corrected chi connectivity index (χ3v) is 4.11. The molecule has 7 heteroatoms. The van der Waals surface area contributed by atoms with E-state index in [0.717, 1.165) is 36.8 Å². The quantitative estimate of drug-likeness (QED) is 0.868. The van der Waals surface area contributed by atoms with Crippen molar-refractivity contribution in [1.82, 2.24) is 20.1 Å². The molecule has 1 aliphatic heterocycles. The molecule has 7 nitrogen and oxygen atoms in total. The molecule has 1 aromatic carbocycles. The fraction of sp³-hybridized carbons (Fsp3) is 0.471. The van der Waals surface area contributed by atoms with Crippen LogP contribution in [0.3, 0.4) is 0 Å². The lowest BCUT2D eigenvalue weighted by Crippen LogP contribution is -2.38. The average Bonchev–Trinajstić information content (AvgIpc) is 3.06. The van der Waals surface area contributed by atoms with Gasteiger partial charge in [-0.1, -0.05) is 26.0 Å². The van der Waals surface area contributed by atoms with E-state index in [1.54, 1.807) is 6.07 Å². The summed E-state index contributed by atoms with van der Waals surface area (Å²) in [6.07, 6.45) is -0.113. The number of aromatic amines is 1. The molecule has 2 heterocycles. The van der Waals surface area contributed by atoms with Crippen LogP contribution in [0.4, 0.5) is 0 Å². The Bertz CT molecular complexity index is 713. The van der Waals surface area contributed by atoms with E-state index in [1.807, 2.05) is 18.2 Å². The molecule has 3 rings (SSSR count). The molecule has 0 saturated carbocycles. The molecule has 128 valence electrons. The number of benzene rings is 1. The molecular weight excluding hydrogens is 306 g/mol. The molecule has 1 aromatic heterocycles. The van der Waals surface area contributed by atoms with Crippen molar-refractivity contribution in [2.75, 3.05) is 19.7 Å². The Morgan fingerprint density at radius 2 is 2.33 bits per heavy atom. The molecule has 3 N–H and O–H groups in total. The molecule has 0 bridgehead atoms. The zero-order valence-corrected chi connectivity index (χ0v) is 14.0. The smallest absolute Gasteiger partial charge is 0.248 e. The first-order valence-corrected chi connectivity index (χ1v) is 8.18. The summed E-state index contributed by atoms with van der Waals surface area (Å²) in [6, 6.07) is 7.44. The van der Waals surface area contributed by atoms with Crippen molar-refractivity contribution in [3.63, 3.8) is 0 Å². The van der Waals surface area contributed by atoms with Gasteiger partial charge in [0.25, 0.3) is 0 Å². The van der Waals surface area contributed by atoms with E-state index in [2.05, 4.69) is 33.9 Å². The maximum absolute atomic E-state index is 11.3. The van der Waals surface area contributed by atoms with Gasteiger partial charge < -0.3 is 10.5 Å². The average molecular weight is 329 g/mol. The van der Waals surface area contributed by atoms with Crippen molar-refractivity contribution in [3.8, 4) is 0 Å². The van der Waals surface area contributed by atoms with E-state index in [4.69, 9.17) is 10.5 Å². The summed E-state index contributed by atoms with van der Waals surface area (Å²) in [7, 11) is 0. The molecule has 24 heavy (non-hydrogen) atoms. The first-order chi connectivity index (χ1) is 11.5. The van der Waals surface area contributed by atoms with Gasteiger partial charge in [-0.3, -0.25) is 14.8 Å². The predicted molar refractivity (Wildman–Crippen MR) is 89.4 cm³/mol.